The second kappa shape index (κ2) is 10.5. The van der Waals surface area contributed by atoms with Crippen molar-refractivity contribution in [2.24, 2.45) is 10.7 Å². The highest BCUT2D eigenvalue weighted by Gasteiger charge is 2.23. The van der Waals surface area contributed by atoms with Gasteiger partial charge < -0.3 is 25.4 Å². The summed E-state index contributed by atoms with van der Waals surface area (Å²) in [4.78, 5) is 21.5. The molecular weight excluding hydrogens is 360 g/mol. The SMILES string of the molecule is CCOC(=O)N1CCC(NC(N)=NCc2cccnc2OCC(F)F)CC1. The zero-order valence-corrected chi connectivity index (χ0v) is 15.2. The number of nitrogens with one attached hydrogen (secondary N) is 1. The van der Waals surface area contributed by atoms with Gasteiger partial charge in [0.2, 0.25) is 5.88 Å². The average Bonchev–Trinajstić information content (AvgIpc) is 2.66. The summed E-state index contributed by atoms with van der Waals surface area (Å²) in [6.45, 7) is 2.73. The van der Waals surface area contributed by atoms with Gasteiger partial charge in [-0.25, -0.2) is 23.6 Å². The van der Waals surface area contributed by atoms with Crippen LogP contribution < -0.4 is 15.8 Å². The lowest BCUT2D eigenvalue weighted by Gasteiger charge is -2.31. The van der Waals surface area contributed by atoms with Gasteiger partial charge in [-0.15, -0.1) is 0 Å². The Labute approximate surface area is 156 Å². The van der Waals surface area contributed by atoms with Crippen LogP contribution in [-0.4, -0.2) is 60.7 Å². The summed E-state index contributed by atoms with van der Waals surface area (Å²) in [6.07, 6.45) is 0.0449. The van der Waals surface area contributed by atoms with Gasteiger partial charge in [0.25, 0.3) is 6.43 Å². The van der Waals surface area contributed by atoms with Crippen LogP contribution >= 0.6 is 0 Å². The number of carbonyl (C=O) groups is 1. The van der Waals surface area contributed by atoms with Gasteiger partial charge in [0.15, 0.2) is 12.6 Å². The number of aromatic nitrogens is 1. The van der Waals surface area contributed by atoms with Crippen molar-refractivity contribution in [3.8, 4) is 5.88 Å². The van der Waals surface area contributed by atoms with Crippen molar-refractivity contribution in [3.05, 3.63) is 23.9 Å². The van der Waals surface area contributed by atoms with E-state index in [9.17, 15) is 13.6 Å². The molecule has 150 valence electrons. The Bertz CT molecular complexity index is 637. The van der Waals surface area contributed by atoms with E-state index in [0.717, 1.165) is 12.8 Å². The number of hydrogen-bond acceptors (Lipinski definition) is 5. The molecule has 0 bridgehead atoms. The largest absolute Gasteiger partial charge is 0.471 e. The maximum Gasteiger partial charge on any atom is 0.409 e. The highest BCUT2D eigenvalue weighted by Crippen LogP contribution is 2.16. The Kier molecular flexibility index (Phi) is 8.02. The summed E-state index contributed by atoms with van der Waals surface area (Å²) in [5, 5.41) is 3.12. The fourth-order valence-electron chi connectivity index (χ4n) is 2.66. The van der Waals surface area contributed by atoms with Crippen molar-refractivity contribution in [2.75, 3.05) is 26.3 Å². The number of alkyl halides is 2. The van der Waals surface area contributed by atoms with Crippen molar-refractivity contribution in [1.29, 1.82) is 0 Å². The zero-order chi connectivity index (χ0) is 19.6. The number of likely N-dealkylation sites (tertiary alicyclic amines) is 1. The Balaban J connectivity index is 1.82. The fourth-order valence-corrected chi connectivity index (χ4v) is 2.66. The Morgan fingerprint density at radius 2 is 2.22 bits per heavy atom. The minimum Gasteiger partial charge on any atom is -0.471 e. The molecule has 0 spiro atoms. The van der Waals surface area contributed by atoms with Crippen molar-refractivity contribution < 1.29 is 23.0 Å². The average molecular weight is 385 g/mol. The minimum absolute atomic E-state index is 0.0999. The molecule has 10 heteroatoms. The number of aliphatic imine (C=N–C) groups is 1. The van der Waals surface area contributed by atoms with Crippen LogP contribution in [0.4, 0.5) is 13.6 Å². The van der Waals surface area contributed by atoms with Crippen molar-refractivity contribution in [2.45, 2.75) is 38.8 Å². The molecule has 0 radical (unpaired) electrons. The predicted octanol–water partition coefficient (Wildman–Crippen LogP) is 1.75. The van der Waals surface area contributed by atoms with Gasteiger partial charge in [-0.3, -0.25) is 0 Å². The molecule has 3 N–H and O–H groups in total. The monoisotopic (exact) mass is 385 g/mol. The number of halogens is 2. The first-order valence-corrected chi connectivity index (χ1v) is 8.82. The van der Waals surface area contributed by atoms with Gasteiger partial charge in [-0.2, -0.15) is 0 Å². The molecule has 0 aliphatic carbocycles. The number of piperidine rings is 1. The van der Waals surface area contributed by atoms with E-state index in [0.29, 0.717) is 25.3 Å². The van der Waals surface area contributed by atoms with Crippen LogP contribution in [0.1, 0.15) is 25.3 Å². The number of hydrogen-bond donors (Lipinski definition) is 2. The highest BCUT2D eigenvalue weighted by atomic mass is 19.3. The van der Waals surface area contributed by atoms with Crippen molar-refractivity contribution >= 4 is 12.1 Å². The molecule has 8 nitrogen and oxygen atoms in total. The number of pyridine rings is 1. The molecule has 2 rings (SSSR count). The summed E-state index contributed by atoms with van der Waals surface area (Å²) >= 11 is 0. The standard InChI is InChI=1S/C17H25F2N5O3/c1-2-26-17(25)24-8-5-13(6-9-24)23-16(20)22-10-12-4-3-7-21-15(12)27-11-14(18)19/h3-4,7,13-14H,2,5-6,8-11H2,1H3,(H3,20,22,23). The molecule has 1 aromatic rings. The topological polar surface area (TPSA) is 102 Å². The molecule has 0 aromatic carbocycles. The molecule has 1 aliphatic rings. The molecule has 0 unspecified atom stereocenters. The van der Waals surface area contributed by atoms with E-state index in [4.69, 9.17) is 15.2 Å². The van der Waals surface area contributed by atoms with Gasteiger partial charge in [0.05, 0.1) is 13.2 Å². The first kappa shape index (κ1) is 20.7. The smallest absolute Gasteiger partial charge is 0.409 e. The van der Waals surface area contributed by atoms with Gasteiger partial charge in [0.1, 0.15) is 0 Å². The lowest BCUT2D eigenvalue weighted by atomic mass is 10.1. The quantitative estimate of drug-likeness (QED) is 0.548. The van der Waals surface area contributed by atoms with Gasteiger partial charge >= 0.3 is 6.09 Å². The third-order valence-corrected chi connectivity index (χ3v) is 3.99. The molecule has 27 heavy (non-hydrogen) atoms. The zero-order valence-electron chi connectivity index (χ0n) is 15.2. The Morgan fingerprint density at radius 3 is 2.89 bits per heavy atom. The minimum atomic E-state index is -2.57. The van der Waals surface area contributed by atoms with E-state index in [1.807, 2.05) is 0 Å². The maximum absolute atomic E-state index is 12.3. The molecule has 2 heterocycles. The van der Waals surface area contributed by atoms with Crippen molar-refractivity contribution in [1.82, 2.24) is 15.2 Å². The van der Waals surface area contributed by atoms with E-state index in [1.54, 1.807) is 24.0 Å². The molecule has 1 fully saturated rings. The first-order chi connectivity index (χ1) is 13.0. The molecule has 0 atom stereocenters. The van der Waals surface area contributed by atoms with Crippen LogP contribution in [0.5, 0.6) is 5.88 Å². The lowest BCUT2D eigenvalue weighted by Crippen LogP contribution is -2.48. The molecular formula is C17H25F2N5O3. The summed E-state index contributed by atoms with van der Waals surface area (Å²) in [6, 6.07) is 3.47. The normalized spacial score (nSPS) is 15.7. The number of rotatable bonds is 7. The molecule has 1 amide bonds. The summed E-state index contributed by atoms with van der Waals surface area (Å²) in [5.74, 6) is 0.366. The molecule has 1 saturated heterocycles. The number of ether oxygens (including phenoxy) is 2. The number of nitrogens with zero attached hydrogens (tertiary/aromatic N) is 3. The summed E-state index contributed by atoms with van der Waals surface area (Å²) in [5.41, 5.74) is 6.49. The van der Waals surface area contributed by atoms with Gasteiger partial charge in [-0.05, 0) is 25.8 Å². The molecule has 0 saturated carbocycles. The molecule has 1 aliphatic heterocycles. The fraction of sp³-hybridized carbons (Fsp3) is 0.588. The lowest BCUT2D eigenvalue weighted by molar-refractivity contribution is 0.0790. The van der Waals surface area contributed by atoms with E-state index < -0.39 is 13.0 Å². The number of carbonyl (C=O) groups excluding carboxylic acids is 1. The van der Waals surface area contributed by atoms with Crippen LogP contribution in [0.15, 0.2) is 23.3 Å². The first-order valence-electron chi connectivity index (χ1n) is 8.82. The van der Waals surface area contributed by atoms with E-state index in [-0.39, 0.29) is 30.5 Å². The predicted molar refractivity (Wildman–Crippen MR) is 95.8 cm³/mol. The van der Waals surface area contributed by atoms with Crippen molar-refractivity contribution in [3.63, 3.8) is 0 Å². The van der Waals surface area contributed by atoms with Crippen LogP contribution in [-0.2, 0) is 11.3 Å². The number of nitrogens with two attached hydrogens (primary N) is 1. The van der Waals surface area contributed by atoms with Crippen LogP contribution in [0.2, 0.25) is 0 Å². The molecule has 1 aromatic heterocycles. The number of guanidine groups is 1. The highest BCUT2D eigenvalue weighted by molar-refractivity contribution is 5.78. The second-order valence-corrected chi connectivity index (χ2v) is 5.98. The van der Waals surface area contributed by atoms with Crippen LogP contribution in [0.25, 0.3) is 0 Å². The van der Waals surface area contributed by atoms with E-state index in [1.165, 1.54) is 6.20 Å². The maximum atomic E-state index is 12.3. The Hall–Kier alpha value is -2.65. The van der Waals surface area contributed by atoms with E-state index in [2.05, 4.69) is 15.3 Å². The van der Waals surface area contributed by atoms with Crippen LogP contribution in [0, 0.1) is 0 Å². The second-order valence-electron chi connectivity index (χ2n) is 5.98. The summed E-state index contributed by atoms with van der Waals surface area (Å²) in [7, 11) is 0. The third-order valence-electron chi connectivity index (χ3n) is 3.99. The van der Waals surface area contributed by atoms with Crippen LogP contribution in [0.3, 0.4) is 0 Å². The third kappa shape index (κ3) is 6.87. The summed E-state index contributed by atoms with van der Waals surface area (Å²) < 4.78 is 34.6. The van der Waals surface area contributed by atoms with Gasteiger partial charge in [-0.1, -0.05) is 6.07 Å². The Morgan fingerprint density at radius 1 is 1.48 bits per heavy atom. The van der Waals surface area contributed by atoms with E-state index >= 15 is 0 Å². The van der Waals surface area contributed by atoms with Gasteiger partial charge in [0, 0.05) is 30.9 Å². The number of amides is 1.